The summed E-state index contributed by atoms with van der Waals surface area (Å²) in [4.78, 5) is 12.0. The maximum atomic E-state index is 13.6. The number of carbonyl (C=O) groups is 1. The van der Waals surface area contributed by atoms with Crippen molar-refractivity contribution < 1.29 is 13.6 Å². The molecule has 2 aromatic carbocycles. The predicted molar refractivity (Wildman–Crippen MR) is 77.6 cm³/mol. The fourth-order valence-electron chi connectivity index (χ4n) is 2.41. The smallest absolute Gasteiger partial charge is 0.258 e. The van der Waals surface area contributed by atoms with Crippen LogP contribution >= 0.6 is 0 Å². The molecule has 0 atom stereocenters. The summed E-state index contributed by atoms with van der Waals surface area (Å²) in [7, 11) is 0. The SMILES string of the molecule is O=C(Nc1ccc2c(c1)NCCC2)c1cc(F)ccc1F. The number of anilines is 2. The zero-order valence-corrected chi connectivity index (χ0v) is 11.2. The van der Waals surface area contributed by atoms with Gasteiger partial charge in [-0.15, -0.1) is 0 Å². The fraction of sp³-hybridized carbons (Fsp3) is 0.188. The molecule has 0 bridgehead atoms. The van der Waals surface area contributed by atoms with Crippen molar-refractivity contribution in [2.45, 2.75) is 12.8 Å². The molecule has 1 amide bonds. The lowest BCUT2D eigenvalue weighted by atomic mass is 10.0. The van der Waals surface area contributed by atoms with E-state index in [4.69, 9.17) is 0 Å². The van der Waals surface area contributed by atoms with Crippen molar-refractivity contribution in [3.8, 4) is 0 Å². The van der Waals surface area contributed by atoms with E-state index in [0.29, 0.717) is 5.69 Å². The van der Waals surface area contributed by atoms with Gasteiger partial charge >= 0.3 is 0 Å². The Morgan fingerprint density at radius 2 is 2.00 bits per heavy atom. The molecule has 3 nitrogen and oxygen atoms in total. The molecule has 2 aromatic rings. The maximum absolute atomic E-state index is 13.6. The number of rotatable bonds is 2. The van der Waals surface area contributed by atoms with Gasteiger partial charge in [-0.25, -0.2) is 8.78 Å². The minimum absolute atomic E-state index is 0.305. The van der Waals surface area contributed by atoms with Gasteiger partial charge in [0.25, 0.3) is 5.91 Å². The molecule has 0 unspecified atom stereocenters. The number of nitrogens with one attached hydrogen (secondary N) is 2. The van der Waals surface area contributed by atoms with Crippen molar-refractivity contribution in [3.63, 3.8) is 0 Å². The van der Waals surface area contributed by atoms with Crippen molar-refractivity contribution in [2.24, 2.45) is 0 Å². The van der Waals surface area contributed by atoms with Crippen LogP contribution in [0.4, 0.5) is 20.2 Å². The maximum Gasteiger partial charge on any atom is 0.258 e. The summed E-state index contributed by atoms with van der Waals surface area (Å²) in [5.74, 6) is -2.05. The molecule has 1 aliphatic heterocycles. The van der Waals surface area contributed by atoms with Crippen LogP contribution in [0.2, 0.25) is 0 Å². The molecule has 0 fully saturated rings. The summed E-state index contributed by atoms with van der Waals surface area (Å²) in [5.41, 5.74) is 2.41. The molecule has 0 saturated heterocycles. The van der Waals surface area contributed by atoms with E-state index in [1.165, 1.54) is 5.56 Å². The van der Waals surface area contributed by atoms with Crippen LogP contribution in [0.15, 0.2) is 36.4 Å². The summed E-state index contributed by atoms with van der Waals surface area (Å²) in [6.07, 6.45) is 2.07. The minimum Gasteiger partial charge on any atom is -0.385 e. The summed E-state index contributed by atoms with van der Waals surface area (Å²) < 4.78 is 26.7. The van der Waals surface area contributed by atoms with E-state index in [1.54, 1.807) is 6.07 Å². The molecule has 1 aliphatic rings. The van der Waals surface area contributed by atoms with E-state index in [9.17, 15) is 13.6 Å². The number of hydrogen-bond acceptors (Lipinski definition) is 2. The van der Waals surface area contributed by atoms with E-state index in [-0.39, 0.29) is 5.56 Å². The van der Waals surface area contributed by atoms with Gasteiger partial charge in [-0.2, -0.15) is 0 Å². The second-order valence-corrected chi connectivity index (χ2v) is 4.98. The van der Waals surface area contributed by atoms with E-state index >= 15 is 0 Å². The van der Waals surface area contributed by atoms with Gasteiger partial charge in [0.15, 0.2) is 0 Å². The van der Waals surface area contributed by atoms with E-state index in [1.807, 2.05) is 12.1 Å². The van der Waals surface area contributed by atoms with Gasteiger partial charge in [0, 0.05) is 17.9 Å². The summed E-state index contributed by atoms with van der Waals surface area (Å²) in [6.45, 7) is 0.892. The molecule has 2 N–H and O–H groups in total. The second kappa shape index (κ2) is 5.52. The van der Waals surface area contributed by atoms with Crippen LogP contribution in [0, 0.1) is 11.6 Å². The lowest BCUT2D eigenvalue weighted by molar-refractivity contribution is 0.102. The molecule has 0 aromatic heterocycles. The third-order valence-corrected chi connectivity index (χ3v) is 3.48. The average molecular weight is 288 g/mol. The predicted octanol–water partition coefficient (Wildman–Crippen LogP) is 3.58. The van der Waals surface area contributed by atoms with E-state index in [0.717, 1.165) is 43.3 Å². The number of halogens is 2. The summed E-state index contributed by atoms with van der Waals surface area (Å²) in [6, 6.07) is 8.32. The molecule has 108 valence electrons. The number of amides is 1. The quantitative estimate of drug-likeness (QED) is 0.887. The molecule has 0 radical (unpaired) electrons. The Labute approximate surface area is 121 Å². The zero-order chi connectivity index (χ0) is 14.8. The Morgan fingerprint density at radius 1 is 1.14 bits per heavy atom. The molecule has 5 heteroatoms. The zero-order valence-electron chi connectivity index (χ0n) is 11.2. The fourth-order valence-corrected chi connectivity index (χ4v) is 2.41. The highest BCUT2D eigenvalue weighted by molar-refractivity contribution is 6.04. The largest absolute Gasteiger partial charge is 0.385 e. The van der Waals surface area contributed by atoms with Gasteiger partial charge in [-0.05, 0) is 48.7 Å². The number of hydrogen-bond donors (Lipinski definition) is 2. The highest BCUT2D eigenvalue weighted by Gasteiger charge is 2.14. The third kappa shape index (κ3) is 2.86. The first-order valence-electron chi connectivity index (χ1n) is 6.77. The van der Waals surface area contributed by atoms with Crippen molar-refractivity contribution in [3.05, 3.63) is 59.2 Å². The van der Waals surface area contributed by atoms with Gasteiger partial charge in [-0.3, -0.25) is 4.79 Å². The van der Waals surface area contributed by atoms with Crippen molar-refractivity contribution >= 4 is 17.3 Å². The standard InChI is InChI=1S/C16H14F2N2O/c17-11-4-6-14(18)13(8-11)16(21)20-12-5-3-10-2-1-7-19-15(10)9-12/h3-6,8-9,19H,1-2,7H2,(H,20,21). The number of fused-ring (bicyclic) bond motifs is 1. The molecule has 1 heterocycles. The first kappa shape index (κ1) is 13.5. The Kier molecular flexibility index (Phi) is 3.56. The van der Waals surface area contributed by atoms with Crippen molar-refractivity contribution in [1.82, 2.24) is 0 Å². The Hall–Kier alpha value is -2.43. The van der Waals surface area contributed by atoms with Crippen molar-refractivity contribution in [2.75, 3.05) is 17.2 Å². The monoisotopic (exact) mass is 288 g/mol. The number of carbonyl (C=O) groups excluding carboxylic acids is 1. The van der Waals surface area contributed by atoms with Crippen molar-refractivity contribution in [1.29, 1.82) is 0 Å². The Bertz CT molecular complexity index is 701. The number of benzene rings is 2. The van der Waals surface area contributed by atoms with Gasteiger partial charge < -0.3 is 10.6 Å². The molecule has 3 rings (SSSR count). The summed E-state index contributed by atoms with van der Waals surface area (Å²) in [5, 5.41) is 5.84. The first-order valence-corrected chi connectivity index (χ1v) is 6.77. The second-order valence-electron chi connectivity index (χ2n) is 4.98. The van der Waals surface area contributed by atoms with Crippen LogP contribution in [-0.4, -0.2) is 12.5 Å². The third-order valence-electron chi connectivity index (χ3n) is 3.48. The molecule has 21 heavy (non-hydrogen) atoms. The first-order chi connectivity index (χ1) is 10.1. The van der Waals surface area contributed by atoms with Crippen LogP contribution in [0.3, 0.4) is 0 Å². The van der Waals surface area contributed by atoms with E-state index < -0.39 is 17.5 Å². The Balaban J connectivity index is 1.83. The van der Waals surface area contributed by atoms with Gasteiger partial charge in [0.05, 0.1) is 5.56 Å². The van der Waals surface area contributed by atoms with Crippen LogP contribution in [0.1, 0.15) is 22.3 Å². The van der Waals surface area contributed by atoms with Crippen LogP contribution < -0.4 is 10.6 Å². The van der Waals surface area contributed by atoms with Crippen LogP contribution in [-0.2, 0) is 6.42 Å². The minimum atomic E-state index is -0.745. The summed E-state index contributed by atoms with van der Waals surface area (Å²) >= 11 is 0. The Morgan fingerprint density at radius 3 is 2.86 bits per heavy atom. The van der Waals surface area contributed by atoms with Gasteiger partial charge in [0.2, 0.25) is 0 Å². The average Bonchev–Trinajstić information content (AvgIpc) is 2.49. The normalized spacial score (nSPS) is 13.2. The molecule has 0 saturated carbocycles. The van der Waals surface area contributed by atoms with Gasteiger partial charge in [0.1, 0.15) is 11.6 Å². The lowest BCUT2D eigenvalue weighted by Crippen LogP contribution is -2.16. The lowest BCUT2D eigenvalue weighted by Gasteiger charge is -2.19. The van der Waals surface area contributed by atoms with E-state index in [2.05, 4.69) is 10.6 Å². The highest BCUT2D eigenvalue weighted by atomic mass is 19.1. The van der Waals surface area contributed by atoms with Crippen LogP contribution in [0.25, 0.3) is 0 Å². The van der Waals surface area contributed by atoms with Crippen LogP contribution in [0.5, 0.6) is 0 Å². The van der Waals surface area contributed by atoms with Gasteiger partial charge in [-0.1, -0.05) is 6.07 Å². The molecular formula is C16H14F2N2O. The molecule has 0 spiro atoms. The molecule has 0 aliphatic carbocycles. The molecular weight excluding hydrogens is 274 g/mol. The number of aryl methyl sites for hydroxylation is 1. The highest BCUT2D eigenvalue weighted by Crippen LogP contribution is 2.25. The topological polar surface area (TPSA) is 41.1 Å².